The van der Waals surface area contributed by atoms with Gasteiger partial charge in [0.15, 0.2) is 9.84 Å². The summed E-state index contributed by atoms with van der Waals surface area (Å²) in [7, 11) is -2.80. The summed E-state index contributed by atoms with van der Waals surface area (Å²) in [6.07, 6.45) is 7.84. The van der Waals surface area contributed by atoms with Crippen molar-refractivity contribution in [2.45, 2.75) is 52.1 Å². The first-order valence-corrected chi connectivity index (χ1v) is 9.82. The molecule has 1 aromatic heterocycles. The van der Waals surface area contributed by atoms with Gasteiger partial charge in [0.2, 0.25) is 0 Å². The summed E-state index contributed by atoms with van der Waals surface area (Å²) >= 11 is 0. The molecule has 6 heteroatoms. The molecule has 1 saturated heterocycles. The van der Waals surface area contributed by atoms with E-state index in [1.807, 2.05) is 10.9 Å². The van der Waals surface area contributed by atoms with Crippen LogP contribution in [0.4, 0.5) is 0 Å². The molecule has 0 aliphatic carbocycles. The van der Waals surface area contributed by atoms with Crippen LogP contribution in [-0.2, 0) is 16.4 Å². The second-order valence-corrected chi connectivity index (χ2v) is 8.28. The van der Waals surface area contributed by atoms with E-state index in [4.69, 9.17) is 0 Å². The monoisotopic (exact) mass is 313 g/mol. The largest absolute Gasteiger partial charge is 0.310 e. The Morgan fingerprint density at radius 1 is 1.43 bits per heavy atom. The van der Waals surface area contributed by atoms with E-state index in [0.29, 0.717) is 11.5 Å². The Morgan fingerprint density at radius 2 is 2.24 bits per heavy atom. The van der Waals surface area contributed by atoms with Crippen LogP contribution >= 0.6 is 0 Å². The van der Waals surface area contributed by atoms with Crippen molar-refractivity contribution in [1.29, 1.82) is 0 Å². The third kappa shape index (κ3) is 4.81. The van der Waals surface area contributed by atoms with Crippen molar-refractivity contribution in [3.8, 4) is 0 Å². The SMILES string of the molecule is CCCNC(CC1CCS(=O)(=O)C1)c1cnn(CCC)c1. The predicted molar refractivity (Wildman–Crippen MR) is 84.9 cm³/mol. The lowest BCUT2D eigenvalue weighted by molar-refractivity contribution is 0.414. The van der Waals surface area contributed by atoms with Crippen LogP contribution in [0, 0.1) is 5.92 Å². The van der Waals surface area contributed by atoms with Gasteiger partial charge >= 0.3 is 0 Å². The average molecular weight is 313 g/mol. The first kappa shape index (κ1) is 16.5. The van der Waals surface area contributed by atoms with Crippen LogP contribution in [0.25, 0.3) is 0 Å². The van der Waals surface area contributed by atoms with Crippen molar-refractivity contribution < 1.29 is 8.42 Å². The maximum Gasteiger partial charge on any atom is 0.150 e. The first-order valence-electron chi connectivity index (χ1n) is 8.00. The Bertz CT molecular complexity index is 539. The minimum Gasteiger partial charge on any atom is -0.310 e. The molecule has 1 aromatic rings. The number of aryl methyl sites for hydroxylation is 1. The van der Waals surface area contributed by atoms with E-state index in [1.165, 1.54) is 5.56 Å². The highest BCUT2D eigenvalue weighted by Crippen LogP contribution is 2.29. The van der Waals surface area contributed by atoms with E-state index in [-0.39, 0.29) is 12.0 Å². The maximum absolute atomic E-state index is 11.6. The van der Waals surface area contributed by atoms with Gasteiger partial charge in [0.05, 0.1) is 17.7 Å². The van der Waals surface area contributed by atoms with Crippen molar-refractivity contribution in [2.75, 3.05) is 18.1 Å². The Hall–Kier alpha value is -0.880. The fraction of sp³-hybridized carbons (Fsp3) is 0.800. The summed E-state index contributed by atoms with van der Waals surface area (Å²) in [5, 5.41) is 7.94. The second-order valence-electron chi connectivity index (χ2n) is 6.05. The molecular weight excluding hydrogens is 286 g/mol. The van der Waals surface area contributed by atoms with E-state index in [9.17, 15) is 8.42 Å². The Balaban J connectivity index is 2.03. The molecule has 2 unspecified atom stereocenters. The van der Waals surface area contributed by atoms with Crippen LogP contribution in [0.15, 0.2) is 12.4 Å². The highest BCUT2D eigenvalue weighted by molar-refractivity contribution is 7.91. The lowest BCUT2D eigenvalue weighted by Gasteiger charge is -2.20. The molecule has 2 heterocycles. The van der Waals surface area contributed by atoms with Crippen LogP contribution in [0.2, 0.25) is 0 Å². The molecule has 2 rings (SSSR count). The molecule has 0 aromatic carbocycles. The number of rotatable bonds is 8. The molecule has 2 atom stereocenters. The highest BCUT2D eigenvalue weighted by atomic mass is 32.2. The van der Waals surface area contributed by atoms with Crippen LogP contribution in [0.1, 0.15) is 51.1 Å². The maximum atomic E-state index is 11.6. The van der Waals surface area contributed by atoms with Gasteiger partial charge in [-0.05, 0) is 38.1 Å². The molecule has 0 bridgehead atoms. The third-order valence-corrected chi connectivity index (χ3v) is 5.88. The standard InChI is InChI=1S/C15H27N3O2S/c1-3-6-16-15(9-13-5-8-21(19,20)12-13)14-10-17-18(11-14)7-4-2/h10-11,13,15-16H,3-9,12H2,1-2H3. The van der Waals surface area contributed by atoms with E-state index in [2.05, 4.69) is 30.5 Å². The van der Waals surface area contributed by atoms with Gasteiger partial charge in [-0.25, -0.2) is 8.42 Å². The molecule has 1 aliphatic rings. The number of hydrogen-bond acceptors (Lipinski definition) is 4. The second kappa shape index (κ2) is 7.40. The zero-order valence-corrected chi connectivity index (χ0v) is 13.9. The number of nitrogens with zero attached hydrogens (tertiary/aromatic N) is 2. The summed E-state index contributed by atoms with van der Waals surface area (Å²) in [5.74, 6) is 0.979. The van der Waals surface area contributed by atoms with Crippen molar-refractivity contribution >= 4 is 9.84 Å². The van der Waals surface area contributed by atoms with Gasteiger partial charge < -0.3 is 5.32 Å². The van der Waals surface area contributed by atoms with Crippen LogP contribution < -0.4 is 5.32 Å². The molecule has 0 spiro atoms. The van der Waals surface area contributed by atoms with Crippen molar-refractivity contribution in [2.24, 2.45) is 5.92 Å². The van der Waals surface area contributed by atoms with Crippen molar-refractivity contribution in [3.05, 3.63) is 18.0 Å². The van der Waals surface area contributed by atoms with Gasteiger partial charge in [0, 0.05) is 24.3 Å². The van der Waals surface area contributed by atoms with E-state index in [1.54, 1.807) is 0 Å². The molecule has 21 heavy (non-hydrogen) atoms. The average Bonchev–Trinajstić information content (AvgIpc) is 3.02. The lowest BCUT2D eigenvalue weighted by Crippen LogP contribution is -2.24. The van der Waals surface area contributed by atoms with E-state index >= 15 is 0 Å². The predicted octanol–water partition coefficient (Wildman–Crippen LogP) is 2.16. The lowest BCUT2D eigenvalue weighted by atomic mass is 9.96. The van der Waals surface area contributed by atoms with Gasteiger partial charge in [-0.3, -0.25) is 4.68 Å². The van der Waals surface area contributed by atoms with Gasteiger partial charge in [-0.1, -0.05) is 13.8 Å². The van der Waals surface area contributed by atoms with Gasteiger partial charge in [0.25, 0.3) is 0 Å². The van der Waals surface area contributed by atoms with E-state index < -0.39 is 9.84 Å². The summed E-state index contributed by atoms with van der Waals surface area (Å²) in [6, 6.07) is 0.217. The fourth-order valence-corrected chi connectivity index (χ4v) is 4.84. The molecule has 1 aliphatic heterocycles. The number of nitrogens with one attached hydrogen (secondary N) is 1. The zero-order chi connectivity index (χ0) is 15.3. The van der Waals surface area contributed by atoms with Gasteiger partial charge in [0.1, 0.15) is 0 Å². The molecule has 1 fully saturated rings. The normalized spacial score (nSPS) is 22.5. The first-order chi connectivity index (χ1) is 10.0. The molecule has 0 radical (unpaired) electrons. The Morgan fingerprint density at radius 3 is 2.86 bits per heavy atom. The topological polar surface area (TPSA) is 64.0 Å². The summed E-state index contributed by atoms with van der Waals surface area (Å²) in [4.78, 5) is 0. The number of aromatic nitrogens is 2. The Kier molecular flexibility index (Phi) is 5.81. The molecular formula is C15H27N3O2S. The Labute approximate surface area is 128 Å². The number of hydrogen-bond donors (Lipinski definition) is 1. The van der Waals surface area contributed by atoms with Crippen molar-refractivity contribution in [3.63, 3.8) is 0 Å². The van der Waals surface area contributed by atoms with Crippen molar-refractivity contribution in [1.82, 2.24) is 15.1 Å². The molecule has 5 nitrogen and oxygen atoms in total. The quantitative estimate of drug-likeness (QED) is 0.799. The van der Waals surface area contributed by atoms with E-state index in [0.717, 1.165) is 38.8 Å². The molecule has 120 valence electrons. The smallest absolute Gasteiger partial charge is 0.150 e. The minimum absolute atomic E-state index is 0.217. The highest BCUT2D eigenvalue weighted by Gasteiger charge is 2.30. The molecule has 0 saturated carbocycles. The van der Waals surface area contributed by atoms with Gasteiger partial charge in [-0.15, -0.1) is 0 Å². The molecule has 0 amide bonds. The fourth-order valence-electron chi connectivity index (χ4n) is 2.96. The summed E-state index contributed by atoms with van der Waals surface area (Å²) in [6.45, 7) is 6.16. The summed E-state index contributed by atoms with van der Waals surface area (Å²) < 4.78 is 25.2. The number of sulfone groups is 1. The molecule has 1 N–H and O–H groups in total. The summed E-state index contributed by atoms with van der Waals surface area (Å²) in [5.41, 5.74) is 1.18. The van der Waals surface area contributed by atoms with Crippen LogP contribution in [-0.4, -0.2) is 36.2 Å². The van der Waals surface area contributed by atoms with Gasteiger partial charge in [-0.2, -0.15) is 5.10 Å². The zero-order valence-electron chi connectivity index (χ0n) is 13.1. The minimum atomic E-state index is -2.80. The van der Waals surface area contributed by atoms with Crippen LogP contribution in [0.3, 0.4) is 0 Å². The van der Waals surface area contributed by atoms with Crippen LogP contribution in [0.5, 0.6) is 0 Å². The third-order valence-electron chi connectivity index (χ3n) is 4.04.